The Kier molecular flexibility index (Phi) is 6.13. The van der Waals surface area contributed by atoms with E-state index in [0.717, 1.165) is 18.4 Å². The zero-order valence-electron chi connectivity index (χ0n) is 15.2. The number of hydrogen-bond donors (Lipinski definition) is 2. The average molecular weight is 391 g/mol. The number of halogens is 1. The number of hydrogen-bond acceptors (Lipinski definition) is 4. The second kappa shape index (κ2) is 8.54. The summed E-state index contributed by atoms with van der Waals surface area (Å²) < 4.78 is 0. The lowest BCUT2D eigenvalue weighted by atomic mass is 10.0. The number of likely N-dealkylation sites (tertiary alicyclic amines) is 1. The molecule has 8 heteroatoms. The Morgan fingerprint density at radius 1 is 1.37 bits per heavy atom. The standard InChI is InChI=1S/C19H23ClN4O3/c1-2-23(12-17(25)26)15-6-8-24(9-7-15)19(27)16-11-21-22-18(16)13-4-3-5-14(20)10-13/h3-5,10-11,15H,2,6-9,12H2,1H3,(H,21,22)(H,25,26). The van der Waals surface area contributed by atoms with E-state index < -0.39 is 5.97 Å². The van der Waals surface area contributed by atoms with Gasteiger partial charge in [0.2, 0.25) is 0 Å². The first kappa shape index (κ1) is 19.4. The molecule has 1 fully saturated rings. The molecule has 2 heterocycles. The van der Waals surface area contributed by atoms with Crippen molar-refractivity contribution < 1.29 is 14.7 Å². The molecule has 0 radical (unpaired) electrons. The Morgan fingerprint density at radius 3 is 2.74 bits per heavy atom. The molecule has 0 bridgehead atoms. The van der Waals surface area contributed by atoms with Gasteiger partial charge in [-0.3, -0.25) is 19.6 Å². The maximum Gasteiger partial charge on any atom is 0.317 e. The summed E-state index contributed by atoms with van der Waals surface area (Å²) in [5.74, 6) is -0.890. The lowest BCUT2D eigenvalue weighted by Crippen LogP contribution is -2.48. The zero-order chi connectivity index (χ0) is 19.4. The minimum absolute atomic E-state index is 0.0375. The van der Waals surface area contributed by atoms with Gasteiger partial charge in [0.15, 0.2) is 0 Å². The second-order valence-corrected chi connectivity index (χ2v) is 7.09. The van der Waals surface area contributed by atoms with Gasteiger partial charge >= 0.3 is 5.97 Å². The van der Waals surface area contributed by atoms with E-state index >= 15 is 0 Å². The molecule has 0 atom stereocenters. The van der Waals surface area contributed by atoms with Gasteiger partial charge in [-0.2, -0.15) is 5.10 Å². The van der Waals surface area contributed by atoms with Crippen molar-refractivity contribution in [1.82, 2.24) is 20.0 Å². The predicted octanol–water partition coefficient (Wildman–Crippen LogP) is 2.74. The molecule has 2 aromatic rings. The fourth-order valence-corrected chi connectivity index (χ4v) is 3.78. The van der Waals surface area contributed by atoms with Gasteiger partial charge in [0.1, 0.15) is 0 Å². The summed E-state index contributed by atoms with van der Waals surface area (Å²) in [6, 6.07) is 7.48. The maximum absolute atomic E-state index is 13.0. The summed E-state index contributed by atoms with van der Waals surface area (Å²) in [7, 11) is 0. The Balaban J connectivity index is 1.69. The third kappa shape index (κ3) is 4.48. The molecule has 0 saturated carbocycles. The van der Waals surface area contributed by atoms with Crippen molar-refractivity contribution in [3.63, 3.8) is 0 Å². The number of aromatic nitrogens is 2. The van der Waals surface area contributed by atoms with Crippen LogP contribution in [0.4, 0.5) is 0 Å². The number of rotatable bonds is 6. The quantitative estimate of drug-likeness (QED) is 0.791. The topological polar surface area (TPSA) is 89.5 Å². The Bertz CT molecular complexity index is 815. The van der Waals surface area contributed by atoms with Crippen molar-refractivity contribution in [1.29, 1.82) is 0 Å². The van der Waals surface area contributed by atoms with Crippen LogP contribution in [0, 0.1) is 0 Å². The van der Waals surface area contributed by atoms with Crippen molar-refractivity contribution in [2.24, 2.45) is 0 Å². The molecule has 0 unspecified atom stereocenters. The van der Waals surface area contributed by atoms with Gasteiger partial charge in [-0.1, -0.05) is 30.7 Å². The van der Waals surface area contributed by atoms with Crippen LogP contribution in [0.15, 0.2) is 30.5 Å². The molecule has 0 aliphatic carbocycles. The summed E-state index contributed by atoms with van der Waals surface area (Å²) in [5, 5.41) is 16.6. The number of carboxylic acids is 1. The number of H-pyrrole nitrogens is 1. The number of aromatic amines is 1. The van der Waals surface area contributed by atoms with Gasteiger partial charge in [-0.05, 0) is 31.5 Å². The Hall–Kier alpha value is -2.38. The van der Waals surface area contributed by atoms with Gasteiger partial charge in [0.05, 0.1) is 24.0 Å². The SMILES string of the molecule is CCN(CC(=O)O)C1CCN(C(=O)c2cn[nH]c2-c2cccc(Cl)c2)CC1. The number of piperidine rings is 1. The summed E-state index contributed by atoms with van der Waals surface area (Å²) in [5.41, 5.74) is 2.00. The maximum atomic E-state index is 13.0. The van der Waals surface area contributed by atoms with Crippen molar-refractivity contribution in [3.05, 3.63) is 41.0 Å². The molecule has 7 nitrogen and oxygen atoms in total. The summed E-state index contributed by atoms with van der Waals surface area (Å²) in [6.07, 6.45) is 3.07. The van der Waals surface area contributed by atoms with Crippen molar-refractivity contribution in [3.8, 4) is 11.3 Å². The Labute approximate surface area is 162 Å². The number of carbonyl (C=O) groups excluding carboxylic acids is 1. The molecule has 1 aliphatic heterocycles. The second-order valence-electron chi connectivity index (χ2n) is 6.65. The molecule has 27 heavy (non-hydrogen) atoms. The fraction of sp³-hybridized carbons (Fsp3) is 0.421. The number of likely N-dealkylation sites (N-methyl/N-ethyl adjacent to an activating group) is 1. The summed E-state index contributed by atoms with van der Waals surface area (Å²) in [6.45, 7) is 3.88. The van der Waals surface area contributed by atoms with E-state index in [2.05, 4.69) is 10.2 Å². The lowest BCUT2D eigenvalue weighted by molar-refractivity contribution is -0.139. The van der Waals surface area contributed by atoms with Gasteiger partial charge in [-0.15, -0.1) is 0 Å². The van der Waals surface area contributed by atoms with Crippen LogP contribution in [0.1, 0.15) is 30.1 Å². The van der Waals surface area contributed by atoms with Crippen LogP contribution >= 0.6 is 11.6 Å². The largest absolute Gasteiger partial charge is 0.480 e. The van der Waals surface area contributed by atoms with E-state index in [9.17, 15) is 9.59 Å². The predicted molar refractivity (Wildman–Crippen MR) is 103 cm³/mol. The van der Waals surface area contributed by atoms with E-state index in [1.165, 1.54) is 0 Å². The van der Waals surface area contributed by atoms with E-state index in [0.29, 0.717) is 35.9 Å². The Morgan fingerprint density at radius 2 is 2.11 bits per heavy atom. The number of benzene rings is 1. The van der Waals surface area contributed by atoms with Crippen molar-refractivity contribution >= 4 is 23.5 Å². The molecule has 1 amide bonds. The van der Waals surface area contributed by atoms with E-state index in [1.54, 1.807) is 18.3 Å². The number of amides is 1. The third-order valence-corrected chi connectivity index (χ3v) is 5.23. The van der Waals surface area contributed by atoms with E-state index in [-0.39, 0.29) is 18.5 Å². The molecule has 144 valence electrons. The van der Waals surface area contributed by atoms with Crippen LogP contribution in [0.2, 0.25) is 5.02 Å². The van der Waals surface area contributed by atoms with Gasteiger partial charge in [0.25, 0.3) is 5.91 Å². The van der Waals surface area contributed by atoms with E-state index in [1.807, 2.05) is 28.9 Å². The summed E-state index contributed by atoms with van der Waals surface area (Å²) in [4.78, 5) is 27.8. The van der Waals surface area contributed by atoms with Crippen molar-refractivity contribution in [2.45, 2.75) is 25.8 Å². The molecule has 1 aromatic carbocycles. The zero-order valence-corrected chi connectivity index (χ0v) is 15.9. The minimum Gasteiger partial charge on any atom is -0.480 e. The highest BCUT2D eigenvalue weighted by atomic mass is 35.5. The molecule has 1 aliphatic rings. The molecule has 3 rings (SSSR count). The molecular weight excluding hydrogens is 368 g/mol. The molecule has 0 spiro atoms. The van der Waals surface area contributed by atoms with Crippen LogP contribution in [-0.2, 0) is 4.79 Å². The molecule has 2 N–H and O–H groups in total. The monoisotopic (exact) mass is 390 g/mol. The third-order valence-electron chi connectivity index (χ3n) is 5.00. The number of aliphatic carboxylic acids is 1. The highest BCUT2D eigenvalue weighted by Gasteiger charge is 2.29. The number of carbonyl (C=O) groups is 2. The fourth-order valence-electron chi connectivity index (χ4n) is 3.59. The van der Waals surface area contributed by atoms with E-state index in [4.69, 9.17) is 16.7 Å². The van der Waals surface area contributed by atoms with Crippen LogP contribution in [-0.4, -0.2) is 69.2 Å². The number of nitrogens with one attached hydrogen (secondary N) is 1. The van der Waals surface area contributed by atoms with Gasteiger partial charge < -0.3 is 10.0 Å². The van der Waals surface area contributed by atoms with Gasteiger partial charge in [-0.25, -0.2) is 0 Å². The van der Waals surface area contributed by atoms with Crippen LogP contribution in [0.25, 0.3) is 11.3 Å². The van der Waals surface area contributed by atoms with Crippen LogP contribution in [0.5, 0.6) is 0 Å². The average Bonchev–Trinajstić information content (AvgIpc) is 3.15. The molecular formula is C19H23ClN4O3. The number of nitrogens with zero attached hydrogens (tertiary/aromatic N) is 3. The highest BCUT2D eigenvalue weighted by molar-refractivity contribution is 6.30. The first-order valence-corrected chi connectivity index (χ1v) is 9.41. The lowest BCUT2D eigenvalue weighted by Gasteiger charge is -2.37. The normalized spacial score (nSPS) is 15.3. The highest BCUT2D eigenvalue weighted by Crippen LogP contribution is 2.26. The first-order chi connectivity index (χ1) is 13.0. The van der Waals surface area contributed by atoms with Crippen LogP contribution in [0.3, 0.4) is 0 Å². The minimum atomic E-state index is -0.820. The molecule has 1 saturated heterocycles. The molecule has 1 aromatic heterocycles. The number of carboxylic acid groups (broad SMARTS) is 1. The summed E-state index contributed by atoms with van der Waals surface area (Å²) >= 11 is 6.06. The van der Waals surface area contributed by atoms with Crippen molar-refractivity contribution in [2.75, 3.05) is 26.2 Å². The smallest absolute Gasteiger partial charge is 0.317 e. The first-order valence-electron chi connectivity index (χ1n) is 9.04. The van der Waals surface area contributed by atoms with Gasteiger partial charge in [0, 0.05) is 29.7 Å². The van der Waals surface area contributed by atoms with Crippen LogP contribution < -0.4 is 0 Å².